The molecule has 1 saturated carbocycles. The number of rotatable bonds is 4. The van der Waals surface area contributed by atoms with E-state index in [1.165, 1.54) is 18.4 Å². The molecule has 3 N–H and O–H groups in total. The molecule has 0 atom stereocenters. The Bertz CT molecular complexity index is 535. The zero-order valence-electron chi connectivity index (χ0n) is 12.3. The summed E-state index contributed by atoms with van der Waals surface area (Å²) in [5.74, 6) is 0.913. The molecule has 1 amide bonds. The quantitative estimate of drug-likeness (QED) is 0.829. The lowest BCUT2D eigenvalue weighted by Gasteiger charge is -2.32. The lowest BCUT2D eigenvalue weighted by molar-refractivity contribution is -0.116. The maximum atomic E-state index is 11.5. The van der Waals surface area contributed by atoms with Gasteiger partial charge in [-0.15, -0.1) is 0 Å². The molecular formula is C16H23N3O. The predicted molar refractivity (Wildman–Crippen MR) is 83.0 cm³/mol. The van der Waals surface area contributed by atoms with Gasteiger partial charge in [-0.3, -0.25) is 4.79 Å². The first kappa shape index (κ1) is 13.3. The largest absolute Gasteiger partial charge is 0.397 e. The van der Waals surface area contributed by atoms with E-state index in [1.54, 1.807) is 0 Å². The Morgan fingerprint density at radius 2 is 2.10 bits per heavy atom. The van der Waals surface area contributed by atoms with Crippen molar-refractivity contribution in [3.05, 3.63) is 17.7 Å². The molecule has 1 aromatic carbocycles. The summed E-state index contributed by atoms with van der Waals surface area (Å²) < 4.78 is 0. The van der Waals surface area contributed by atoms with E-state index in [-0.39, 0.29) is 5.91 Å². The lowest BCUT2D eigenvalue weighted by Crippen LogP contribution is -2.33. The van der Waals surface area contributed by atoms with E-state index < -0.39 is 0 Å². The zero-order chi connectivity index (χ0) is 14.3. The summed E-state index contributed by atoms with van der Waals surface area (Å²) in [4.78, 5) is 13.9. The van der Waals surface area contributed by atoms with E-state index in [2.05, 4.69) is 30.1 Å². The molecule has 1 fully saturated rings. The van der Waals surface area contributed by atoms with E-state index in [0.29, 0.717) is 12.5 Å². The average Bonchev–Trinajstić information content (AvgIpc) is 3.19. The first-order chi connectivity index (χ1) is 9.54. The van der Waals surface area contributed by atoms with Gasteiger partial charge in [-0.1, -0.05) is 0 Å². The van der Waals surface area contributed by atoms with Crippen LogP contribution in [-0.4, -0.2) is 18.5 Å². The van der Waals surface area contributed by atoms with Gasteiger partial charge in [0.25, 0.3) is 0 Å². The van der Waals surface area contributed by atoms with Crippen molar-refractivity contribution in [2.45, 2.75) is 45.6 Å². The van der Waals surface area contributed by atoms with Gasteiger partial charge >= 0.3 is 0 Å². The van der Waals surface area contributed by atoms with Crippen LogP contribution in [-0.2, 0) is 11.2 Å². The highest BCUT2D eigenvalue weighted by atomic mass is 16.1. The third kappa shape index (κ3) is 2.60. The molecule has 0 radical (unpaired) electrons. The lowest BCUT2D eigenvalue weighted by atomic mass is 10.0. The van der Waals surface area contributed by atoms with Crippen molar-refractivity contribution in [2.24, 2.45) is 5.92 Å². The number of benzene rings is 1. The van der Waals surface area contributed by atoms with Crippen LogP contribution in [0.4, 0.5) is 17.1 Å². The number of fused-ring (bicyclic) bond motifs is 1. The Kier molecular flexibility index (Phi) is 3.32. The first-order valence-electron chi connectivity index (χ1n) is 7.53. The number of nitrogens with zero attached hydrogens (tertiary/aromatic N) is 1. The summed E-state index contributed by atoms with van der Waals surface area (Å²) in [5.41, 5.74) is 10.2. The van der Waals surface area contributed by atoms with E-state index in [9.17, 15) is 4.79 Å². The molecule has 1 aromatic rings. The monoisotopic (exact) mass is 273 g/mol. The van der Waals surface area contributed by atoms with Gasteiger partial charge in [0.05, 0.1) is 11.4 Å². The first-order valence-corrected chi connectivity index (χ1v) is 7.53. The number of hydrogen-bond donors (Lipinski definition) is 2. The Morgan fingerprint density at radius 1 is 1.35 bits per heavy atom. The van der Waals surface area contributed by atoms with Crippen molar-refractivity contribution < 1.29 is 4.79 Å². The number of hydrogen-bond acceptors (Lipinski definition) is 3. The van der Waals surface area contributed by atoms with Crippen LogP contribution in [0, 0.1) is 5.92 Å². The zero-order valence-corrected chi connectivity index (χ0v) is 12.3. The third-order valence-electron chi connectivity index (χ3n) is 4.23. The number of nitrogens with one attached hydrogen (secondary N) is 1. The van der Waals surface area contributed by atoms with Gasteiger partial charge in [-0.2, -0.15) is 0 Å². The van der Waals surface area contributed by atoms with Crippen molar-refractivity contribution in [1.82, 2.24) is 0 Å². The Morgan fingerprint density at radius 3 is 2.75 bits per heavy atom. The fraction of sp³-hybridized carbons (Fsp3) is 0.562. The Labute approximate surface area is 120 Å². The predicted octanol–water partition coefficient (Wildman–Crippen LogP) is 2.78. The van der Waals surface area contributed by atoms with E-state index in [1.807, 2.05) is 6.07 Å². The summed E-state index contributed by atoms with van der Waals surface area (Å²) in [6.45, 7) is 5.51. The highest BCUT2D eigenvalue weighted by Crippen LogP contribution is 2.37. The molecule has 1 heterocycles. The van der Waals surface area contributed by atoms with Gasteiger partial charge < -0.3 is 16.0 Å². The molecule has 20 heavy (non-hydrogen) atoms. The molecule has 1 aliphatic carbocycles. The maximum Gasteiger partial charge on any atom is 0.224 e. The number of nitrogens with two attached hydrogens (primary N) is 1. The standard InChI is InChI=1S/C16H23N3O/c1-10(2)19(9-11-3-4-11)15-7-12-5-6-16(20)18-14(12)8-13(15)17/h7-8,10-11H,3-6,9,17H2,1-2H3,(H,18,20). The van der Waals surface area contributed by atoms with Gasteiger partial charge in [0.2, 0.25) is 5.91 Å². The van der Waals surface area contributed by atoms with Crippen molar-refractivity contribution in [3.8, 4) is 0 Å². The summed E-state index contributed by atoms with van der Waals surface area (Å²) >= 11 is 0. The molecule has 0 bridgehead atoms. The van der Waals surface area contributed by atoms with Crippen LogP contribution in [0.15, 0.2) is 12.1 Å². The highest BCUT2D eigenvalue weighted by Gasteiger charge is 2.27. The van der Waals surface area contributed by atoms with E-state index >= 15 is 0 Å². The number of amides is 1. The molecular weight excluding hydrogens is 250 g/mol. The average molecular weight is 273 g/mol. The van der Waals surface area contributed by atoms with Crippen LogP contribution < -0.4 is 16.0 Å². The molecule has 2 aliphatic rings. The molecule has 3 rings (SSSR count). The van der Waals surface area contributed by atoms with Crippen molar-refractivity contribution >= 4 is 23.0 Å². The van der Waals surface area contributed by atoms with Crippen LogP contribution in [0.1, 0.15) is 38.7 Å². The summed E-state index contributed by atoms with van der Waals surface area (Å²) in [5, 5.41) is 2.91. The fourth-order valence-electron chi connectivity index (χ4n) is 2.85. The molecule has 4 heteroatoms. The van der Waals surface area contributed by atoms with Gasteiger partial charge in [0.1, 0.15) is 0 Å². The van der Waals surface area contributed by atoms with Crippen LogP contribution in [0.25, 0.3) is 0 Å². The number of carbonyl (C=O) groups excluding carboxylic acids is 1. The van der Waals surface area contributed by atoms with Gasteiger partial charge in [-0.25, -0.2) is 0 Å². The topological polar surface area (TPSA) is 58.4 Å². The Hall–Kier alpha value is -1.71. The van der Waals surface area contributed by atoms with Crippen molar-refractivity contribution in [3.63, 3.8) is 0 Å². The molecule has 0 unspecified atom stereocenters. The van der Waals surface area contributed by atoms with Crippen LogP contribution in [0.2, 0.25) is 0 Å². The molecule has 0 saturated heterocycles. The SMILES string of the molecule is CC(C)N(CC1CC1)c1cc2c(cc1N)NC(=O)CC2. The number of aryl methyl sites for hydroxylation is 1. The highest BCUT2D eigenvalue weighted by molar-refractivity contribution is 5.95. The van der Waals surface area contributed by atoms with Gasteiger partial charge in [-0.05, 0) is 56.7 Å². The van der Waals surface area contributed by atoms with E-state index in [4.69, 9.17) is 5.73 Å². The minimum absolute atomic E-state index is 0.0864. The number of anilines is 3. The number of carbonyl (C=O) groups is 1. The second-order valence-electron chi connectivity index (χ2n) is 6.31. The summed E-state index contributed by atoms with van der Waals surface area (Å²) in [7, 11) is 0. The molecule has 0 aromatic heterocycles. The second kappa shape index (κ2) is 5.00. The minimum atomic E-state index is 0.0864. The Balaban J connectivity index is 1.93. The van der Waals surface area contributed by atoms with Crippen LogP contribution in [0.5, 0.6) is 0 Å². The van der Waals surface area contributed by atoms with Crippen LogP contribution in [0.3, 0.4) is 0 Å². The van der Waals surface area contributed by atoms with Crippen molar-refractivity contribution in [1.29, 1.82) is 0 Å². The van der Waals surface area contributed by atoms with Gasteiger partial charge in [0.15, 0.2) is 0 Å². The second-order valence-corrected chi connectivity index (χ2v) is 6.31. The third-order valence-corrected chi connectivity index (χ3v) is 4.23. The molecule has 0 spiro atoms. The normalized spacial score (nSPS) is 17.9. The summed E-state index contributed by atoms with van der Waals surface area (Å²) in [6, 6.07) is 4.53. The molecule has 108 valence electrons. The number of nitrogen functional groups attached to an aromatic ring is 1. The van der Waals surface area contributed by atoms with E-state index in [0.717, 1.165) is 35.9 Å². The maximum absolute atomic E-state index is 11.5. The summed E-state index contributed by atoms with van der Waals surface area (Å²) in [6.07, 6.45) is 4.05. The smallest absolute Gasteiger partial charge is 0.224 e. The minimum Gasteiger partial charge on any atom is -0.397 e. The van der Waals surface area contributed by atoms with Gasteiger partial charge in [0, 0.05) is 24.7 Å². The fourth-order valence-corrected chi connectivity index (χ4v) is 2.85. The van der Waals surface area contributed by atoms with Crippen molar-refractivity contribution in [2.75, 3.05) is 22.5 Å². The molecule has 4 nitrogen and oxygen atoms in total. The van der Waals surface area contributed by atoms with Crippen LogP contribution >= 0.6 is 0 Å². The molecule has 1 aliphatic heterocycles.